The number of methoxy groups -OCH3 is 2. The second kappa shape index (κ2) is 12.8. The molecule has 5 nitrogen and oxygen atoms in total. The van der Waals surface area contributed by atoms with Crippen LogP contribution in [0.4, 0.5) is 0 Å². The molecule has 0 aromatic rings. The highest BCUT2D eigenvalue weighted by Crippen LogP contribution is 2.09. The molecule has 0 bridgehead atoms. The molecule has 0 aliphatic heterocycles. The molecule has 0 fully saturated rings. The van der Waals surface area contributed by atoms with Gasteiger partial charge >= 0.3 is 0 Å². The fourth-order valence-corrected chi connectivity index (χ4v) is 2.12. The number of hydrogen-bond donors (Lipinski definition) is 1. The average Bonchev–Trinajstić information content (AvgIpc) is 2.42. The van der Waals surface area contributed by atoms with Crippen LogP contribution in [0.15, 0.2) is 0 Å². The molecule has 1 atom stereocenters. The van der Waals surface area contributed by atoms with E-state index in [1.54, 1.807) is 14.2 Å². The molecule has 1 unspecified atom stereocenters. The number of aliphatic hydroxyl groups is 1. The van der Waals surface area contributed by atoms with Gasteiger partial charge in [0.15, 0.2) is 0 Å². The maximum atomic E-state index is 10.0. The topological polar surface area (TPSA) is 51.2 Å². The monoisotopic (exact) mass is 277 g/mol. The Labute approximate surface area is 117 Å². The first-order chi connectivity index (χ1) is 9.19. The molecular weight excluding hydrogens is 246 g/mol. The quantitative estimate of drug-likeness (QED) is 0.512. The highest BCUT2D eigenvalue weighted by atomic mass is 16.5. The molecule has 0 amide bonds. The van der Waals surface area contributed by atoms with Gasteiger partial charge < -0.3 is 19.3 Å². The van der Waals surface area contributed by atoms with Crippen LogP contribution in [0.3, 0.4) is 0 Å². The standard InChI is InChI=1S/C14H31NO4/c1-5-13(6-2)15(7-8-17-3)11-14(16)12-19-10-9-18-4/h13-14,16H,5-12H2,1-4H3. The van der Waals surface area contributed by atoms with Crippen molar-refractivity contribution in [2.45, 2.75) is 38.8 Å². The second-order valence-corrected chi connectivity index (χ2v) is 4.68. The first kappa shape index (κ1) is 18.8. The predicted molar refractivity (Wildman–Crippen MR) is 76.5 cm³/mol. The smallest absolute Gasteiger partial charge is 0.0900 e. The number of nitrogens with zero attached hydrogens (tertiary/aromatic N) is 1. The number of hydrogen-bond acceptors (Lipinski definition) is 5. The van der Waals surface area contributed by atoms with Gasteiger partial charge in [-0.05, 0) is 12.8 Å². The van der Waals surface area contributed by atoms with Crippen LogP contribution in [0.2, 0.25) is 0 Å². The summed E-state index contributed by atoms with van der Waals surface area (Å²) in [6.45, 7) is 7.95. The summed E-state index contributed by atoms with van der Waals surface area (Å²) < 4.78 is 15.4. The molecule has 0 aliphatic carbocycles. The third kappa shape index (κ3) is 9.35. The van der Waals surface area contributed by atoms with Gasteiger partial charge in [0.2, 0.25) is 0 Å². The van der Waals surface area contributed by atoms with Gasteiger partial charge in [0, 0.05) is 33.4 Å². The number of aliphatic hydroxyl groups excluding tert-OH is 1. The first-order valence-electron chi connectivity index (χ1n) is 7.17. The van der Waals surface area contributed by atoms with E-state index >= 15 is 0 Å². The van der Waals surface area contributed by atoms with Gasteiger partial charge in [0.05, 0.1) is 32.5 Å². The minimum Gasteiger partial charge on any atom is -0.389 e. The van der Waals surface area contributed by atoms with Gasteiger partial charge in [-0.25, -0.2) is 0 Å². The van der Waals surface area contributed by atoms with Crippen LogP contribution in [0.5, 0.6) is 0 Å². The SMILES string of the molecule is CCC(CC)N(CCOC)CC(O)COCCOC. The van der Waals surface area contributed by atoms with Crippen LogP contribution in [0, 0.1) is 0 Å². The molecule has 0 radical (unpaired) electrons. The second-order valence-electron chi connectivity index (χ2n) is 4.68. The molecule has 0 rings (SSSR count). The van der Waals surface area contributed by atoms with Crippen LogP contribution in [0.1, 0.15) is 26.7 Å². The van der Waals surface area contributed by atoms with E-state index in [1.165, 1.54) is 0 Å². The van der Waals surface area contributed by atoms with Crippen molar-refractivity contribution in [1.29, 1.82) is 0 Å². The van der Waals surface area contributed by atoms with Gasteiger partial charge in [-0.2, -0.15) is 0 Å². The molecule has 116 valence electrons. The lowest BCUT2D eigenvalue weighted by atomic mass is 10.1. The molecule has 1 N–H and O–H groups in total. The maximum absolute atomic E-state index is 10.0. The normalized spacial score (nSPS) is 13.4. The Morgan fingerprint density at radius 3 is 2.16 bits per heavy atom. The summed E-state index contributed by atoms with van der Waals surface area (Å²) in [5.74, 6) is 0. The van der Waals surface area contributed by atoms with Crippen molar-refractivity contribution < 1.29 is 19.3 Å². The maximum Gasteiger partial charge on any atom is 0.0900 e. The van der Waals surface area contributed by atoms with Crippen LogP contribution in [-0.2, 0) is 14.2 Å². The average molecular weight is 277 g/mol. The van der Waals surface area contributed by atoms with E-state index in [-0.39, 0.29) is 0 Å². The van der Waals surface area contributed by atoms with E-state index in [2.05, 4.69) is 18.7 Å². The Morgan fingerprint density at radius 1 is 1.00 bits per heavy atom. The van der Waals surface area contributed by atoms with Crippen molar-refractivity contribution in [3.63, 3.8) is 0 Å². The molecule has 0 spiro atoms. The van der Waals surface area contributed by atoms with E-state index in [9.17, 15) is 5.11 Å². The van der Waals surface area contributed by atoms with Gasteiger partial charge in [0.25, 0.3) is 0 Å². The fourth-order valence-electron chi connectivity index (χ4n) is 2.12. The van der Waals surface area contributed by atoms with Crippen LogP contribution >= 0.6 is 0 Å². The summed E-state index contributed by atoms with van der Waals surface area (Å²) in [7, 11) is 3.34. The Morgan fingerprint density at radius 2 is 1.63 bits per heavy atom. The highest BCUT2D eigenvalue weighted by Gasteiger charge is 2.18. The summed E-state index contributed by atoms with van der Waals surface area (Å²) in [6.07, 6.45) is 1.70. The van der Waals surface area contributed by atoms with Crippen LogP contribution in [-0.4, -0.2) is 75.9 Å². The Bertz CT molecular complexity index is 188. The summed E-state index contributed by atoms with van der Waals surface area (Å²) in [6, 6.07) is 0.490. The lowest BCUT2D eigenvalue weighted by molar-refractivity contribution is -0.0107. The molecular formula is C14H31NO4. The van der Waals surface area contributed by atoms with E-state index in [4.69, 9.17) is 14.2 Å². The zero-order valence-corrected chi connectivity index (χ0v) is 12.9. The lowest BCUT2D eigenvalue weighted by Crippen LogP contribution is -2.43. The number of rotatable bonds is 13. The molecule has 0 aromatic heterocycles. The zero-order chi connectivity index (χ0) is 14.5. The van der Waals surface area contributed by atoms with Crippen LogP contribution < -0.4 is 0 Å². The predicted octanol–water partition coefficient (Wildman–Crippen LogP) is 1.15. The number of ether oxygens (including phenoxy) is 3. The third-order valence-electron chi connectivity index (χ3n) is 3.23. The van der Waals surface area contributed by atoms with Crippen molar-refractivity contribution in [2.24, 2.45) is 0 Å². The van der Waals surface area contributed by atoms with Gasteiger partial charge in [-0.1, -0.05) is 13.8 Å². The largest absolute Gasteiger partial charge is 0.389 e. The summed E-state index contributed by atoms with van der Waals surface area (Å²) in [4.78, 5) is 2.29. The van der Waals surface area contributed by atoms with Gasteiger partial charge in [-0.3, -0.25) is 4.90 Å². The minimum atomic E-state index is -0.464. The summed E-state index contributed by atoms with van der Waals surface area (Å²) >= 11 is 0. The lowest BCUT2D eigenvalue weighted by Gasteiger charge is -2.31. The summed E-state index contributed by atoms with van der Waals surface area (Å²) in [5, 5.41) is 10.0. The summed E-state index contributed by atoms with van der Waals surface area (Å²) in [5.41, 5.74) is 0. The third-order valence-corrected chi connectivity index (χ3v) is 3.23. The molecule has 0 aliphatic rings. The minimum absolute atomic E-state index is 0.354. The van der Waals surface area contributed by atoms with E-state index < -0.39 is 6.10 Å². The van der Waals surface area contributed by atoms with E-state index in [1.807, 2.05) is 0 Å². The van der Waals surface area contributed by atoms with Crippen molar-refractivity contribution in [3.8, 4) is 0 Å². The molecule has 0 heterocycles. The molecule has 19 heavy (non-hydrogen) atoms. The Kier molecular flexibility index (Phi) is 12.7. The molecule has 0 saturated heterocycles. The fraction of sp³-hybridized carbons (Fsp3) is 1.00. The van der Waals surface area contributed by atoms with Gasteiger partial charge in [-0.15, -0.1) is 0 Å². The van der Waals surface area contributed by atoms with Crippen molar-refractivity contribution in [3.05, 3.63) is 0 Å². The Balaban J connectivity index is 4.06. The highest BCUT2D eigenvalue weighted by molar-refractivity contribution is 4.72. The molecule has 0 aromatic carbocycles. The molecule has 0 saturated carbocycles. The van der Waals surface area contributed by atoms with Crippen molar-refractivity contribution >= 4 is 0 Å². The van der Waals surface area contributed by atoms with E-state index in [0.29, 0.717) is 39.0 Å². The van der Waals surface area contributed by atoms with E-state index in [0.717, 1.165) is 19.4 Å². The van der Waals surface area contributed by atoms with Crippen molar-refractivity contribution in [1.82, 2.24) is 4.90 Å². The van der Waals surface area contributed by atoms with Gasteiger partial charge in [0.1, 0.15) is 0 Å². The molecule has 5 heteroatoms. The zero-order valence-electron chi connectivity index (χ0n) is 12.9. The first-order valence-corrected chi connectivity index (χ1v) is 7.17. The van der Waals surface area contributed by atoms with Crippen LogP contribution in [0.25, 0.3) is 0 Å². The Hall–Kier alpha value is -0.200. The van der Waals surface area contributed by atoms with Crippen molar-refractivity contribution in [2.75, 3.05) is 53.7 Å².